The molecule has 0 saturated carbocycles. The number of rotatable bonds is 19. The molecule has 1 aliphatic rings. The van der Waals surface area contributed by atoms with Gasteiger partial charge in [0.15, 0.2) is 0 Å². The summed E-state index contributed by atoms with van der Waals surface area (Å²) in [6.07, 6.45) is 0.578. The smallest absolute Gasteiger partial charge is 0.290 e. The highest BCUT2D eigenvalue weighted by Crippen LogP contribution is 2.27. The van der Waals surface area contributed by atoms with Crippen LogP contribution in [0.1, 0.15) is 78.8 Å². The van der Waals surface area contributed by atoms with E-state index in [4.69, 9.17) is 15.2 Å². The van der Waals surface area contributed by atoms with Crippen molar-refractivity contribution < 1.29 is 46.7 Å². The van der Waals surface area contributed by atoms with Gasteiger partial charge >= 0.3 is 0 Å². The fourth-order valence-electron chi connectivity index (χ4n) is 6.04. The Morgan fingerprint density at radius 1 is 0.964 bits per heavy atom. The fraction of sp³-hybridized carbons (Fsp3) is 0.526. The molecule has 5 atom stereocenters. The molecule has 55 heavy (non-hydrogen) atoms. The standard InChI is InChI=1S/C38H54N6O10S/c1-8-9-15-28(33(46)36(49)40-21-30(45)42-32(34(39)47)24-13-11-10-12-14-24)41-35(48)29-20-26(54-38(4,5)6)22-44(29)37(50)31(23(2)3)43-55(51,52)27-18-16-25(53-7)17-19-27/h10-14,16-19,23,26,28-29,31-32,43H,8-9,15,20-22H2,1-7H3,(H2,39,47)(H,40,49)(H,41,48)(H,42,45). The number of hydrogen-bond donors (Lipinski definition) is 5. The van der Waals surface area contributed by atoms with E-state index in [2.05, 4.69) is 20.7 Å². The van der Waals surface area contributed by atoms with Crippen molar-refractivity contribution in [2.24, 2.45) is 11.7 Å². The SMILES string of the molecule is CCCCC(NC(=O)C1CC(OC(C)(C)C)CN1C(=O)C(NS(=O)(=O)c1ccc(OC)cc1)C(C)C)C(=O)C(=O)NCC(=O)NC(C(N)=O)c1ccccc1. The van der Waals surface area contributed by atoms with Gasteiger partial charge in [-0.1, -0.05) is 63.9 Å². The molecule has 2 aromatic carbocycles. The summed E-state index contributed by atoms with van der Waals surface area (Å²) < 4.78 is 40.6. The molecule has 1 fully saturated rings. The van der Waals surface area contributed by atoms with E-state index in [-0.39, 0.29) is 24.3 Å². The number of carbonyl (C=O) groups is 6. The van der Waals surface area contributed by atoms with Crippen LogP contribution in [0, 0.1) is 5.92 Å². The Balaban J connectivity index is 1.80. The Bertz CT molecular complexity index is 1780. The lowest BCUT2D eigenvalue weighted by atomic mass is 10.0. The number of primary amides is 1. The molecule has 5 amide bonds. The Morgan fingerprint density at radius 3 is 2.15 bits per heavy atom. The van der Waals surface area contributed by atoms with Crippen molar-refractivity contribution >= 4 is 45.3 Å². The number of carbonyl (C=O) groups excluding carboxylic acids is 6. The second-order valence-electron chi connectivity index (χ2n) is 14.7. The molecule has 1 heterocycles. The van der Waals surface area contributed by atoms with Crippen LogP contribution in [0.25, 0.3) is 0 Å². The van der Waals surface area contributed by atoms with Gasteiger partial charge in [0.05, 0.1) is 36.3 Å². The first kappa shape index (κ1) is 44.5. The third kappa shape index (κ3) is 12.9. The van der Waals surface area contributed by atoms with Gasteiger partial charge in [-0.2, -0.15) is 4.72 Å². The zero-order chi connectivity index (χ0) is 41.1. The van der Waals surface area contributed by atoms with E-state index in [9.17, 15) is 37.2 Å². The van der Waals surface area contributed by atoms with Crippen molar-refractivity contribution in [3.8, 4) is 5.75 Å². The van der Waals surface area contributed by atoms with E-state index in [0.717, 1.165) is 0 Å². The number of benzene rings is 2. The van der Waals surface area contributed by atoms with Crippen molar-refractivity contribution in [1.29, 1.82) is 0 Å². The van der Waals surface area contributed by atoms with E-state index in [1.165, 1.54) is 36.3 Å². The van der Waals surface area contributed by atoms with Gasteiger partial charge in [-0.3, -0.25) is 28.8 Å². The molecule has 5 unspecified atom stereocenters. The Hall–Kier alpha value is -4.87. The lowest BCUT2D eigenvalue weighted by Gasteiger charge is -2.31. The van der Waals surface area contributed by atoms with Crippen LogP contribution >= 0.6 is 0 Å². The lowest BCUT2D eigenvalue weighted by molar-refractivity contribution is -0.143. The zero-order valence-corrected chi connectivity index (χ0v) is 33.2. The van der Waals surface area contributed by atoms with Crippen LogP contribution in [0.15, 0.2) is 59.5 Å². The van der Waals surface area contributed by atoms with Gasteiger partial charge in [-0.15, -0.1) is 0 Å². The first-order valence-corrected chi connectivity index (χ1v) is 19.7. The number of ketones is 1. The van der Waals surface area contributed by atoms with Crippen LogP contribution < -0.4 is 31.1 Å². The van der Waals surface area contributed by atoms with Gasteiger partial charge in [0.1, 0.15) is 23.9 Å². The van der Waals surface area contributed by atoms with E-state index in [1.807, 2.05) is 27.7 Å². The lowest BCUT2D eigenvalue weighted by Crippen LogP contribution is -2.57. The molecule has 2 aromatic rings. The molecule has 3 rings (SSSR count). The third-order valence-electron chi connectivity index (χ3n) is 8.79. The topological polar surface area (TPSA) is 232 Å². The summed E-state index contributed by atoms with van der Waals surface area (Å²) in [4.78, 5) is 80.5. The number of ether oxygens (including phenoxy) is 2. The molecule has 302 valence electrons. The largest absolute Gasteiger partial charge is 0.497 e. The van der Waals surface area contributed by atoms with E-state index in [0.29, 0.717) is 24.2 Å². The van der Waals surface area contributed by atoms with Crippen LogP contribution in [0.2, 0.25) is 0 Å². The maximum absolute atomic E-state index is 14.2. The first-order valence-electron chi connectivity index (χ1n) is 18.2. The molecule has 1 saturated heterocycles. The third-order valence-corrected chi connectivity index (χ3v) is 10.2. The van der Waals surface area contributed by atoms with Crippen LogP contribution in [-0.2, 0) is 43.5 Å². The molecule has 0 spiro atoms. The summed E-state index contributed by atoms with van der Waals surface area (Å²) in [5.41, 5.74) is 5.24. The monoisotopic (exact) mass is 786 g/mol. The van der Waals surface area contributed by atoms with Crippen molar-refractivity contribution in [2.75, 3.05) is 20.2 Å². The van der Waals surface area contributed by atoms with E-state index in [1.54, 1.807) is 44.2 Å². The summed E-state index contributed by atoms with van der Waals surface area (Å²) in [5.74, 6) is -5.27. The molecule has 6 N–H and O–H groups in total. The van der Waals surface area contributed by atoms with Crippen molar-refractivity contribution in [1.82, 2.24) is 25.6 Å². The maximum Gasteiger partial charge on any atom is 0.290 e. The second kappa shape index (κ2) is 19.6. The van der Waals surface area contributed by atoms with Gasteiger partial charge < -0.3 is 36.1 Å². The number of nitrogens with zero attached hydrogens (tertiary/aromatic N) is 1. The van der Waals surface area contributed by atoms with Gasteiger partial charge in [-0.05, 0) is 62.9 Å². The van der Waals surface area contributed by atoms with Gasteiger partial charge in [0, 0.05) is 13.0 Å². The summed E-state index contributed by atoms with van der Waals surface area (Å²) in [5, 5.41) is 7.32. The van der Waals surface area contributed by atoms with Crippen LogP contribution in [0.4, 0.5) is 0 Å². The average Bonchev–Trinajstić information content (AvgIpc) is 3.55. The van der Waals surface area contributed by atoms with E-state index < -0.39 is 93.7 Å². The molecular weight excluding hydrogens is 733 g/mol. The molecule has 0 aliphatic carbocycles. The highest BCUT2D eigenvalue weighted by Gasteiger charge is 2.45. The number of Topliss-reactive ketones (excluding diaryl/α,β-unsaturated/α-hetero) is 1. The predicted molar refractivity (Wildman–Crippen MR) is 203 cm³/mol. The molecule has 0 aromatic heterocycles. The fourth-order valence-corrected chi connectivity index (χ4v) is 7.38. The van der Waals surface area contributed by atoms with Crippen molar-refractivity contribution in [3.05, 3.63) is 60.2 Å². The van der Waals surface area contributed by atoms with Gasteiger partial charge in [0.2, 0.25) is 39.4 Å². The number of hydrogen-bond acceptors (Lipinski definition) is 10. The van der Waals surface area contributed by atoms with Gasteiger partial charge in [0.25, 0.3) is 5.91 Å². The molecule has 0 radical (unpaired) electrons. The minimum Gasteiger partial charge on any atom is -0.497 e. The number of amides is 5. The normalized spacial score (nSPS) is 17.5. The quantitative estimate of drug-likeness (QED) is 0.129. The number of likely N-dealkylation sites (tertiary alicyclic amines) is 1. The summed E-state index contributed by atoms with van der Waals surface area (Å²) in [6.45, 7) is 9.96. The Kier molecular flexibility index (Phi) is 15.9. The van der Waals surface area contributed by atoms with E-state index >= 15 is 0 Å². The number of sulfonamides is 1. The molecule has 16 nitrogen and oxygen atoms in total. The summed E-state index contributed by atoms with van der Waals surface area (Å²) in [6, 6.07) is 8.95. The minimum atomic E-state index is -4.20. The first-order chi connectivity index (χ1) is 25.8. The Labute approximate surface area is 322 Å². The minimum absolute atomic E-state index is 0.0361. The molecule has 17 heteroatoms. The second-order valence-corrected chi connectivity index (χ2v) is 16.4. The number of methoxy groups -OCH3 is 1. The zero-order valence-electron chi connectivity index (χ0n) is 32.4. The highest BCUT2D eigenvalue weighted by molar-refractivity contribution is 7.89. The predicted octanol–water partition coefficient (Wildman–Crippen LogP) is 1.49. The maximum atomic E-state index is 14.2. The van der Waals surface area contributed by atoms with Crippen LogP contribution in [0.3, 0.4) is 0 Å². The number of unbranched alkanes of at least 4 members (excludes halogenated alkanes) is 1. The summed E-state index contributed by atoms with van der Waals surface area (Å²) >= 11 is 0. The Morgan fingerprint density at radius 2 is 1.60 bits per heavy atom. The van der Waals surface area contributed by atoms with Crippen LogP contribution in [-0.4, -0.2) is 98.7 Å². The molecule has 0 bridgehead atoms. The molecule has 1 aliphatic heterocycles. The average molecular weight is 787 g/mol. The number of nitrogens with two attached hydrogens (primary N) is 1. The van der Waals surface area contributed by atoms with Crippen LogP contribution in [0.5, 0.6) is 5.75 Å². The van der Waals surface area contributed by atoms with Crippen molar-refractivity contribution in [3.63, 3.8) is 0 Å². The summed E-state index contributed by atoms with van der Waals surface area (Å²) in [7, 11) is -2.75. The molecular formula is C38H54N6O10S. The number of nitrogens with one attached hydrogen (secondary N) is 4. The van der Waals surface area contributed by atoms with Crippen molar-refractivity contribution in [2.45, 2.75) is 108 Å². The highest BCUT2D eigenvalue weighted by atomic mass is 32.2. The van der Waals surface area contributed by atoms with Gasteiger partial charge in [-0.25, -0.2) is 8.42 Å².